The van der Waals surface area contributed by atoms with Crippen LogP contribution in [-0.2, 0) is 4.74 Å². The Kier molecular flexibility index (Phi) is 6.11. The second kappa shape index (κ2) is 8.80. The SMILES string of the molecule is Cc1sc([C@H](C)Nc2nccc(N3C(=O)OC[C@@H]3C(C)C)n2)nc1-c1ccc(Cl)cc1. The lowest BCUT2D eigenvalue weighted by Gasteiger charge is -2.23. The number of anilines is 2. The van der Waals surface area contributed by atoms with E-state index in [1.54, 1.807) is 28.5 Å². The summed E-state index contributed by atoms with van der Waals surface area (Å²) in [5.74, 6) is 1.22. The molecule has 1 N–H and O–H groups in total. The van der Waals surface area contributed by atoms with Crippen LogP contribution in [0.3, 0.4) is 0 Å². The van der Waals surface area contributed by atoms with Gasteiger partial charge in [-0.05, 0) is 38.0 Å². The number of halogens is 1. The van der Waals surface area contributed by atoms with Crippen molar-refractivity contribution >= 4 is 40.8 Å². The molecule has 7 nitrogen and oxygen atoms in total. The number of carbonyl (C=O) groups is 1. The molecule has 0 aliphatic carbocycles. The number of hydrogen-bond donors (Lipinski definition) is 1. The number of nitrogens with one attached hydrogen (secondary N) is 1. The molecule has 0 unspecified atom stereocenters. The van der Waals surface area contributed by atoms with Crippen LogP contribution < -0.4 is 10.2 Å². The minimum atomic E-state index is -0.375. The summed E-state index contributed by atoms with van der Waals surface area (Å²) >= 11 is 7.63. The Morgan fingerprint density at radius 1 is 1.19 bits per heavy atom. The number of aromatic nitrogens is 3. The van der Waals surface area contributed by atoms with E-state index in [1.165, 1.54) is 0 Å². The highest BCUT2D eigenvalue weighted by atomic mass is 35.5. The van der Waals surface area contributed by atoms with Gasteiger partial charge in [-0.3, -0.25) is 4.90 Å². The fourth-order valence-corrected chi connectivity index (χ4v) is 4.55. The van der Waals surface area contributed by atoms with Gasteiger partial charge in [0.05, 0.1) is 17.8 Å². The number of cyclic esters (lactones) is 1. The van der Waals surface area contributed by atoms with Gasteiger partial charge in [-0.25, -0.2) is 14.8 Å². The van der Waals surface area contributed by atoms with Gasteiger partial charge in [0.25, 0.3) is 0 Å². The average molecular weight is 458 g/mol. The minimum Gasteiger partial charge on any atom is -0.447 e. The van der Waals surface area contributed by atoms with E-state index in [9.17, 15) is 4.79 Å². The third kappa shape index (κ3) is 4.50. The summed E-state index contributed by atoms with van der Waals surface area (Å²) in [6.07, 6.45) is 1.27. The number of aryl methyl sites for hydroxylation is 1. The van der Waals surface area contributed by atoms with Gasteiger partial charge in [0, 0.05) is 21.7 Å². The first kappa shape index (κ1) is 21.5. The molecule has 31 heavy (non-hydrogen) atoms. The number of thiazole rings is 1. The largest absolute Gasteiger partial charge is 0.447 e. The van der Waals surface area contributed by atoms with Crippen LogP contribution in [0.2, 0.25) is 5.02 Å². The zero-order valence-electron chi connectivity index (χ0n) is 17.8. The molecular formula is C22H24ClN5O2S. The second-order valence-corrected chi connectivity index (χ2v) is 9.50. The molecule has 1 fully saturated rings. The summed E-state index contributed by atoms with van der Waals surface area (Å²) in [6.45, 7) is 8.56. The summed E-state index contributed by atoms with van der Waals surface area (Å²) in [5.41, 5.74) is 1.97. The van der Waals surface area contributed by atoms with Gasteiger partial charge < -0.3 is 10.1 Å². The van der Waals surface area contributed by atoms with Gasteiger partial charge in [-0.15, -0.1) is 11.3 Å². The monoisotopic (exact) mass is 457 g/mol. The van der Waals surface area contributed by atoms with Crippen LogP contribution in [0.4, 0.5) is 16.6 Å². The molecule has 0 saturated carbocycles. The van der Waals surface area contributed by atoms with E-state index in [4.69, 9.17) is 21.3 Å². The summed E-state index contributed by atoms with van der Waals surface area (Å²) in [4.78, 5) is 28.7. The van der Waals surface area contributed by atoms with E-state index in [0.717, 1.165) is 21.1 Å². The quantitative estimate of drug-likeness (QED) is 0.510. The van der Waals surface area contributed by atoms with Crippen molar-refractivity contribution in [2.45, 2.75) is 39.8 Å². The van der Waals surface area contributed by atoms with E-state index in [1.807, 2.05) is 31.2 Å². The van der Waals surface area contributed by atoms with Crippen molar-refractivity contribution in [3.8, 4) is 11.3 Å². The fraction of sp³-hybridized carbons (Fsp3) is 0.364. The predicted molar refractivity (Wildman–Crippen MR) is 124 cm³/mol. The number of ether oxygens (including phenoxy) is 1. The van der Waals surface area contributed by atoms with E-state index in [2.05, 4.69) is 36.1 Å². The molecule has 2 atom stereocenters. The lowest BCUT2D eigenvalue weighted by Crippen LogP contribution is -2.37. The number of nitrogens with zero attached hydrogens (tertiary/aromatic N) is 4. The lowest BCUT2D eigenvalue weighted by atomic mass is 10.0. The van der Waals surface area contributed by atoms with Crippen molar-refractivity contribution in [3.63, 3.8) is 0 Å². The Hall–Kier alpha value is -2.71. The Balaban J connectivity index is 1.54. The van der Waals surface area contributed by atoms with E-state index in [-0.39, 0.29) is 24.1 Å². The Bertz CT molecular complexity index is 1090. The number of benzene rings is 1. The molecule has 4 rings (SSSR count). The van der Waals surface area contributed by atoms with Crippen molar-refractivity contribution < 1.29 is 9.53 Å². The molecule has 1 aromatic carbocycles. The van der Waals surface area contributed by atoms with Gasteiger partial charge in [-0.1, -0.05) is 37.6 Å². The summed E-state index contributed by atoms with van der Waals surface area (Å²) in [7, 11) is 0. The molecule has 3 aromatic rings. The Labute approximate surface area is 190 Å². The van der Waals surface area contributed by atoms with Gasteiger partial charge in [-0.2, -0.15) is 4.98 Å². The van der Waals surface area contributed by atoms with E-state index >= 15 is 0 Å². The third-order valence-corrected chi connectivity index (χ3v) is 6.62. The molecule has 1 aliphatic heterocycles. The zero-order chi connectivity index (χ0) is 22.1. The first-order valence-corrected chi connectivity index (χ1v) is 11.3. The molecule has 0 spiro atoms. The Morgan fingerprint density at radius 3 is 2.65 bits per heavy atom. The van der Waals surface area contributed by atoms with Crippen LogP contribution in [0.1, 0.15) is 36.7 Å². The minimum absolute atomic E-state index is 0.0452. The van der Waals surface area contributed by atoms with Crippen molar-refractivity contribution in [3.05, 3.63) is 51.4 Å². The van der Waals surface area contributed by atoms with Crippen LogP contribution in [0, 0.1) is 12.8 Å². The topological polar surface area (TPSA) is 80.2 Å². The highest BCUT2D eigenvalue weighted by Crippen LogP contribution is 2.32. The predicted octanol–water partition coefficient (Wildman–Crippen LogP) is 5.72. The molecule has 0 bridgehead atoms. The van der Waals surface area contributed by atoms with Crippen molar-refractivity contribution in [1.29, 1.82) is 0 Å². The average Bonchev–Trinajstić information content (AvgIpc) is 3.32. The number of hydrogen-bond acceptors (Lipinski definition) is 7. The molecule has 0 radical (unpaired) electrons. The summed E-state index contributed by atoms with van der Waals surface area (Å²) in [6, 6.07) is 9.25. The number of carbonyl (C=O) groups excluding carboxylic acids is 1. The fourth-order valence-electron chi connectivity index (χ4n) is 3.48. The van der Waals surface area contributed by atoms with Crippen LogP contribution in [0.25, 0.3) is 11.3 Å². The van der Waals surface area contributed by atoms with Gasteiger partial charge in [0.2, 0.25) is 5.95 Å². The first-order chi connectivity index (χ1) is 14.8. The molecule has 3 heterocycles. The Morgan fingerprint density at radius 2 is 1.94 bits per heavy atom. The molecule has 2 aromatic heterocycles. The first-order valence-electron chi connectivity index (χ1n) is 10.1. The van der Waals surface area contributed by atoms with Crippen molar-refractivity contribution in [2.75, 3.05) is 16.8 Å². The standard InChI is InChI=1S/C22H24ClN5O2S/c1-12(2)17-11-30-22(29)28(17)18-9-10-24-21(26-18)25-13(3)20-27-19(14(4)31-20)15-5-7-16(23)8-6-15/h5-10,12-13,17H,11H2,1-4H3,(H,24,25,26)/t13-,17+/m0/s1. The summed E-state index contributed by atoms with van der Waals surface area (Å²) in [5, 5.41) is 4.94. The van der Waals surface area contributed by atoms with Crippen LogP contribution in [0.15, 0.2) is 36.5 Å². The van der Waals surface area contributed by atoms with Crippen molar-refractivity contribution in [1.82, 2.24) is 15.0 Å². The maximum absolute atomic E-state index is 12.2. The molecule has 9 heteroatoms. The van der Waals surface area contributed by atoms with Crippen LogP contribution in [-0.4, -0.2) is 33.7 Å². The zero-order valence-corrected chi connectivity index (χ0v) is 19.4. The van der Waals surface area contributed by atoms with Crippen LogP contribution >= 0.6 is 22.9 Å². The number of amides is 1. The molecule has 1 saturated heterocycles. The molecule has 1 amide bonds. The normalized spacial score (nSPS) is 17.2. The van der Waals surface area contributed by atoms with Gasteiger partial charge in [0.1, 0.15) is 17.4 Å². The molecule has 162 valence electrons. The van der Waals surface area contributed by atoms with Crippen LogP contribution in [0.5, 0.6) is 0 Å². The van der Waals surface area contributed by atoms with Crippen molar-refractivity contribution in [2.24, 2.45) is 5.92 Å². The lowest BCUT2D eigenvalue weighted by molar-refractivity contribution is 0.177. The maximum Gasteiger partial charge on any atom is 0.415 e. The second-order valence-electron chi connectivity index (χ2n) is 7.83. The smallest absolute Gasteiger partial charge is 0.415 e. The highest BCUT2D eigenvalue weighted by molar-refractivity contribution is 7.12. The summed E-state index contributed by atoms with van der Waals surface area (Å²) < 4.78 is 5.24. The maximum atomic E-state index is 12.2. The van der Waals surface area contributed by atoms with Gasteiger partial charge in [0.15, 0.2) is 0 Å². The van der Waals surface area contributed by atoms with Gasteiger partial charge >= 0.3 is 6.09 Å². The molecule has 1 aliphatic rings. The number of rotatable bonds is 6. The third-order valence-electron chi connectivity index (χ3n) is 5.21. The van der Waals surface area contributed by atoms with E-state index < -0.39 is 0 Å². The van der Waals surface area contributed by atoms with E-state index in [0.29, 0.717) is 23.4 Å². The molecular weight excluding hydrogens is 434 g/mol. The highest BCUT2D eigenvalue weighted by Gasteiger charge is 2.37.